The zero-order valence-electron chi connectivity index (χ0n) is 8.90. The maximum atomic E-state index is 10.7. The van der Waals surface area contributed by atoms with Crippen LogP contribution in [0.15, 0.2) is 0 Å². The van der Waals surface area contributed by atoms with Crippen molar-refractivity contribution in [3.05, 3.63) is 0 Å². The first-order valence-electron chi connectivity index (χ1n) is 4.95. The van der Waals surface area contributed by atoms with Gasteiger partial charge in [-0.05, 0) is 12.8 Å². The van der Waals surface area contributed by atoms with Crippen LogP contribution in [-0.4, -0.2) is 24.2 Å². The van der Waals surface area contributed by atoms with Gasteiger partial charge in [0.1, 0.15) is 0 Å². The van der Waals surface area contributed by atoms with Crippen LogP contribution in [0.2, 0.25) is 0 Å². The molecule has 102 valence electrons. The molecule has 0 aliphatic heterocycles. The average Bonchev–Trinajstić information content (AvgIpc) is 2.17. The Morgan fingerprint density at radius 2 is 1.59 bits per heavy atom. The molecule has 0 radical (unpaired) electrons. The van der Waals surface area contributed by atoms with Crippen LogP contribution in [0.1, 0.15) is 32.1 Å². The second-order valence-electron chi connectivity index (χ2n) is 3.69. The lowest BCUT2D eigenvalue weighted by Gasteiger charge is -2.14. The van der Waals surface area contributed by atoms with Crippen molar-refractivity contribution in [2.75, 3.05) is 5.75 Å². The molecule has 0 atom stereocenters. The molecule has 0 bridgehead atoms. The number of hydrogen-bond acceptors (Lipinski definition) is 4. The van der Waals surface area contributed by atoms with Gasteiger partial charge in [0.05, 0.1) is 0 Å². The van der Waals surface area contributed by atoms with Gasteiger partial charge < -0.3 is 4.55 Å². The summed E-state index contributed by atoms with van der Waals surface area (Å²) in [5, 5.41) is 0. The van der Waals surface area contributed by atoms with Gasteiger partial charge in [-0.1, -0.05) is 19.3 Å². The van der Waals surface area contributed by atoms with E-state index in [-0.39, 0.29) is 0 Å². The third kappa shape index (κ3) is 7.61. The monoisotopic (exact) mass is 294 g/mol. The lowest BCUT2D eigenvalue weighted by molar-refractivity contribution is -0.0517. The van der Waals surface area contributed by atoms with E-state index in [0.29, 0.717) is 0 Å². The second-order valence-corrected chi connectivity index (χ2v) is 5.63. The Bertz CT molecular complexity index is 320. The summed E-state index contributed by atoms with van der Waals surface area (Å²) < 4.78 is 69.0. The molecule has 1 aliphatic carbocycles. The van der Waals surface area contributed by atoms with Gasteiger partial charge in [0.15, 0.2) is 10.1 Å². The predicted octanol–water partition coefficient (Wildman–Crippen LogP) is 2.05. The van der Waals surface area contributed by atoms with Gasteiger partial charge in [-0.2, -0.15) is 13.2 Å². The highest BCUT2D eigenvalue weighted by atomic mass is 32.2. The molecule has 0 spiro atoms. The largest absolute Gasteiger partial charge is 0.741 e. The molecule has 4 nitrogen and oxygen atoms in total. The molecular formula is C8H13F3O4S2. The fourth-order valence-corrected chi connectivity index (χ4v) is 1.98. The summed E-state index contributed by atoms with van der Waals surface area (Å²) in [7, 11) is -6.09. The fourth-order valence-electron chi connectivity index (χ4n) is 1.45. The normalized spacial score (nSPS) is 18.1. The van der Waals surface area contributed by atoms with Crippen LogP contribution in [0.25, 0.3) is 0 Å². The smallest absolute Gasteiger partial charge is 0.485 e. The van der Waals surface area contributed by atoms with Crippen LogP contribution >= 0.6 is 0 Å². The molecule has 0 amide bonds. The Morgan fingerprint density at radius 3 is 1.88 bits per heavy atom. The highest BCUT2D eigenvalue weighted by molar-refractivity contribution is 7.86. The van der Waals surface area contributed by atoms with E-state index < -0.39 is 15.6 Å². The molecule has 0 aromatic heterocycles. The highest BCUT2D eigenvalue weighted by Crippen LogP contribution is 2.23. The first kappa shape index (κ1) is 16.7. The van der Waals surface area contributed by atoms with Crippen LogP contribution in [-0.2, 0) is 26.0 Å². The fraction of sp³-hybridized carbons (Fsp3) is 1.00. The van der Waals surface area contributed by atoms with E-state index in [0.717, 1.165) is 23.3 Å². The van der Waals surface area contributed by atoms with Crippen molar-refractivity contribution in [3.63, 3.8) is 0 Å². The van der Waals surface area contributed by atoms with Crippen LogP contribution in [0.4, 0.5) is 13.2 Å². The molecule has 1 aliphatic rings. The molecule has 0 aromatic carbocycles. The number of hydrogen-bond donors (Lipinski definition) is 0. The molecular weight excluding hydrogens is 281 g/mol. The van der Waals surface area contributed by atoms with E-state index in [1.807, 2.05) is 0 Å². The van der Waals surface area contributed by atoms with Gasteiger partial charge in [0.25, 0.3) is 0 Å². The lowest BCUT2D eigenvalue weighted by atomic mass is 9.91. The number of halogens is 3. The summed E-state index contributed by atoms with van der Waals surface area (Å²) in [5.74, 6) is 1.60. The second kappa shape index (κ2) is 7.22. The van der Waals surface area contributed by atoms with Crippen molar-refractivity contribution in [1.29, 1.82) is 0 Å². The van der Waals surface area contributed by atoms with Crippen molar-refractivity contribution in [1.82, 2.24) is 0 Å². The van der Waals surface area contributed by atoms with Crippen molar-refractivity contribution in [2.45, 2.75) is 37.6 Å². The van der Waals surface area contributed by atoms with Crippen molar-refractivity contribution in [3.8, 4) is 0 Å². The van der Waals surface area contributed by atoms with E-state index >= 15 is 0 Å². The minimum atomic E-state index is -6.09. The number of rotatable bonds is 2. The summed E-state index contributed by atoms with van der Waals surface area (Å²) in [6, 6.07) is 0. The summed E-state index contributed by atoms with van der Waals surface area (Å²) in [6.45, 7) is 0. The molecule has 0 unspecified atom stereocenters. The standard InChI is InChI=1S/C7H13OS.CHF3O3S/c8-9-6-7-4-2-1-3-5-7;2-1(3,4)8(5,6)7/h7H,1-6H2;(H,5,6,7)/q+1;/p-1. The molecule has 1 fully saturated rings. The third-order valence-corrected chi connectivity index (χ3v) is 3.49. The molecule has 17 heavy (non-hydrogen) atoms. The summed E-state index contributed by atoms with van der Waals surface area (Å²) in [5.41, 5.74) is -5.65. The SMILES string of the molecule is O=S(=O)([O-])C(F)(F)F.O=[S+]CC1CCCCC1. The maximum Gasteiger partial charge on any atom is 0.485 e. The van der Waals surface area contributed by atoms with Gasteiger partial charge in [-0.3, -0.25) is 0 Å². The molecule has 0 saturated heterocycles. The van der Waals surface area contributed by atoms with Gasteiger partial charge in [-0.15, -0.1) is 0 Å². The Morgan fingerprint density at radius 1 is 1.18 bits per heavy atom. The van der Waals surface area contributed by atoms with Crippen LogP contribution < -0.4 is 0 Å². The van der Waals surface area contributed by atoms with E-state index in [4.69, 9.17) is 13.0 Å². The summed E-state index contributed by atoms with van der Waals surface area (Å²) in [4.78, 5) is 0. The third-order valence-electron chi connectivity index (χ3n) is 2.31. The van der Waals surface area contributed by atoms with Crippen molar-refractivity contribution in [2.24, 2.45) is 5.92 Å². The van der Waals surface area contributed by atoms with Crippen LogP contribution in [0.5, 0.6) is 0 Å². The predicted molar refractivity (Wildman–Crippen MR) is 55.2 cm³/mol. The van der Waals surface area contributed by atoms with Crippen molar-refractivity contribution >= 4 is 21.8 Å². The Balaban J connectivity index is 0.000000304. The van der Waals surface area contributed by atoms with Gasteiger partial charge in [0.2, 0.25) is 5.75 Å². The Labute approximate surface area is 102 Å². The maximum absolute atomic E-state index is 10.7. The Kier molecular flexibility index (Phi) is 7.10. The first-order chi connectivity index (χ1) is 7.68. The van der Waals surface area contributed by atoms with Crippen LogP contribution in [0.3, 0.4) is 0 Å². The van der Waals surface area contributed by atoms with E-state index in [1.165, 1.54) is 32.1 Å². The van der Waals surface area contributed by atoms with Gasteiger partial charge >= 0.3 is 17.2 Å². The van der Waals surface area contributed by atoms with E-state index in [1.54, 1.807) is 0 Å². The van der Waals surface area contributed by atoms with Gasteiger partial charge in [-0.25, -0.2) is 8.42 Å². The minimum Gasteiger partial charge on any atom is -0.741 e. The van der Waals surface area contributed by atoms with E-state index in [2.05, 4.69) is 0 Å². The van der Waals surface area contributed by atoms with E-state index in [9.17, 15) is 17.4 Å². The topological polar surface area (TPSA) is 74.3 Å². The highest BCUT2D eigenvalue weighted by Gasteiger charge is 2.36. The minimum absolute atomic E-state index is 0.751. The molecule has 1 rings (SSSR count). The first-order valence-corrected chi connectivity index (χ1v) is 7.27. The van der Waals surface area contributed by atoms with Gasteiger partial charge in [0, 0.05) is 10.1 Å². The molecule has 1 saturated carbocycles. The summed E-state index contributed by atoms with van der Waals surface area (Å²) in [6.07, 6.45) is 6.70. The molecule has 0 aromatic rings. The quantitative estimate of drug-likeness (QED) is 0.444. The zero-order chi connectivity index (χ0) is 13.5. The van der Waals surface area contributed by atoms with Crippen molar-refractivity contribution < 1.29 is 30.4 Å². The summed E-state index contributed by atoms with van der Waals surface area (Å²) >= 11 is 0.758. The number of alkyl halides is 3. The molecule has 9 heteroatoms. The average molecular weight is 294 g/mol. The molecule has 0 N–H and O–H groups in total. The lowest BCUT2D eigenvalue weighted by Crippen LogP contribution is -2.21. The van der Waals surface area contributed by atoms with Crippen LogP contribution in [0, 0.1) is 5.92 Å². The molecule has 0 heterocycles. The zero-order valence-corrected chi connectivity index (χ0v) is 10.5. The Hall–Kier alpha value is -0.280.